The second kappa shape index (κ2) is 47.6. The number of hydrogen-bond acceptors (Lipinski definition) is 21. The Balaban J connectivity index is 2.37. The number of likely N-dealkylation sites (tertiary alicyclic amines) is 2. The first kappa shape index (κ1) is 87.7. The summed E-state index contributed by atoms with van der Waals surface area (Å²) < 4.78 is 0. The minimum Gasteiger partial charge on any atom is -0.480 e. The number of aliphatic imine (C=N–C) groups is 1. The molecule has 2 rings (SSSR count). The number of nitrogens with two attached hydrogens (primary N) is 8. The number of rotatable bonds is 50. The Hall–Kier alpha value is -8.39. The van der Waals surface area contributed by atoms with Gasteiger partial charge >= 0.3 is 5.97 Å². The summed E-state index contributed by atoms with van der Waals surface area (Å²) in [7, 11) is 0. The molecule has 100 heavy (non-hydrogen) atoms. The molecule has 2 aliphatic rings. The molecule has 0 radical (unpaired) electrons. The third kappa shape index (κ3) is 31.9. The van der Waals surface area contributed by atoms with Crippen LogP contribution in [0.2, 0.25) is 0 Å². The Morgan fingerprint density at radius 3 is 1.33 bits per heavy atom. The van der Waals surface area contributed by atoms with Gasteiger partial charge in [0.25, 0.3) is 0 Å². The number of primary amides is 1. The summed E-state index contributed by atoms with van der Waals surface area (Å²) in [6.45, 7) is 6.20. The van der Waals surface area contributed by atoms with Crippen LogP contribution in [0.3, 0.4) is 0 Å². The van der Waals surface area contributed by atoms with Gasteiger partial charge in [0.15, 0.2) is 5.96 Å². The van der Waals surface area contributed by atoms with Gasteiger partial charge in [0.1, 0.15) is 66.5 Å². The molecule has 0 aromatic heterocycles. The van der Waals surface area contributed by atoms with Gasteiger partial charge in [0.05, 0.1) is 26.1 Å². The number of hydrogen-bond donors (Lipinski definition) is 20. The number of amides is 13. The van der Waals surface area contributed by atoms with E-state index in [1.165, 1.54) is 4.90 Å². The summed E-state index contributed by atoms with van der Waals surface area (Å²) in [5.41, 5.74) is 45.3. The fourth-order valence-corrected chi connectivity index (χ4v) is 11.3. The predicted octanol–water partition coefficient (Wildman–Crippen LogP) is -6.98. The highest BCUT2D eigenvalue weighted by molar-refractivity contribution is 6.00. The molecule has 0 aliphatic carbocycles. The van der Waals surface area contributed by atoms with Gasteiger partial charge in [-0.2, -0.15) is 0 Å². The number of nitrogens with zero attached hydrogens (tertiary/aromatic N) is 3. The maximum atomic E-state index is 14.5. The molecule has 0 unspecified atom stereocenters. The second-order valence-corrected chi connectivity index (χ2v) is 25.7. The van der Waals surface area contributed by atoms with Crippen molar-refractivity contribution < 1.29 is 77.3 Å². The number of aliphatic hydroxyl groups is 1. The van der Waals surface area contributed by atoms with Crippen molar-refractivity contribution in [3.8, 4) is 0 Å². The van der Waals surface area contributed by atoms with Crippen LogP contribution < -0.4 is 99.0 Å². The fraction of sp³-hybridized carbons (Fsp3) is 0.762. The van der Waals surface area contributed by atoms with E-state index in [0.717, 1.165) is 4.90 Å². The van der Waals surface area contributed by atoms with E-state index in [4.69, 9.17) is 45.9 Å². The van der Waals surface area contributed by atoms with Crippen molar-refractivity contribution >= 4 is 88.7 Å². The summed E-state index contributed by atoms with van der Waals surface area (Å²) in [6, 6.07) is -14.3. The number of aliphatic hydroxyl groups excluding tert-OH is 1. The molecule has 0 aromatic carbocycles. The normalized spacial score (nSPS) is 17.2. The smallest absolute Gasteiger partial charge is 0.326 e. The lowest BCUT2D eigenvalue weighted by Crippen LogP contribution is -2.60. The average molecular weight is 1420 g/mol. The lowest BCUT2D eigenvalue weighted by molar-refractivity contribution is -0.150. The van der Waals surface area contributed by atoms with Gasteiger partial charge in [-0.25, -0.2) is 4.79 Å². The van der Waals surface area contributed by atoms with Crippen molar-refractivity contribution in [1.82, 2.24) is 63.0 Å². The quantitative estimate of drug-likeness (QED) is 0.0153. The summed E-state index contributed by atoms with van der Waals surface area (Å²) >= 11 is 0. The van der Waals surface area contributed by atoms with E-state index in [0.29, 0.717) is 64.3 Å². The molecular formula is C63H115N21O16. The molecule has 2 heterocycles. The van der Waals surface area contributed by atoms with E-state index in [9.17, 15) is 77.3 Å². The Labute approximate surface area is 584 Å². The molecule has 0 aromatic rings. The van der Waals surface area contributed by atoms with Gasteiger partial charge in [-0.3, -0.25) is 67.3 Å². The van der Waals surface area contributed by atoms with Crippen LogP contribution in [0.15, 0.2) is 4.99 Å². The number of unbranched alkanes of at least 4 members (excludes halogenated alkanes) is 4. The number of carboxylic acids is 1. The zero-order valence-electron chi connectivity index (χ0n) is 58.5. The Kier molecular flexibility index (Phi) is 41.8. The number of carboxylic acid groups (broad SMARTS) is 1. The summed E-state index contributed by atoms with van der Waals surface area (Å²) in [6.07, 6.45) is 4.07. The minimum absolute atomic E-state index is 0.0186. The zero-order chi connectivity index (χ0) is 75.0. The first-order valence-electron chi connectivity index (χ1n) is 34.8. The lowest BCUT2D eigenvalue weighted by atomic mass is 9.96. The number of nitrogens with one attached hydrogen (secondary N) is 10. The number of guanidine groups is 1. The molecule has 0 saturated carbocycles. The van der Waals surface area contributed by atoms with Crippen LogP contribution in [0.25, 0.3) is 0 Å². The minimum atomic E-state index is -1.72. The lowest BCUT2D eigenvalue weighted by Gasteiger charge is -2.32. The average Bonchev–Trinajstić information content (AvgIpc) is 1.61. The van der Waals surface area contributed by atoms with Gasteiger partial charge in [-0.1, -0.05) is 34.1 Å². The summed E-state index contributed by atoms with van der Waals surface area (Å²) in [5, 5.41) is 45.0. The number of aliphatic carboxylic acids is 1. The number of carbonyl (C=O) groups is 14. The van der Waals surface area contributed by atoms with Crippen molar-refractivity contribution in [3.63, 3.8) is 0 Å². The Morgan fingerprint density at radius 1 is 0.490 bits per heavy atom. The van der Waals surface area contributed by atoms with Crippen LogP contribution in [0.4, 0.5) is 0 Å². The second-order valence-electron chi connectivity index (χ2n) is 25.7. The number of carbonyl (C=O) groups excluding carboxylic acids is 13. The molecular weight excluding hydrogens is 1310 g/mol. The van der Waals surface area contributed by atoms with Crippen LogP contribution in [-0.4, -0.2) is 241 Å². The third-order valence-corrected chi connectivity index (χ3v) is 17.1. The highest BCUT2D eigenvalue weighted by atomic mass is 16.4. The van der Waals surface area contributed by atoms with E-state index in [1.54, 1.807) is 20.8 Å². The fourth-order valence-electron chi connectivity index (χ4n) is 11.3. The topological polar surface area (TPSA) is 627 Å². The van der Waals surface area contributed by atoms with E-state index >= 15 is 0 Å². The van der Waals surface area contributed by atoms with Crippen molar-refractivity contribution in [2.45, 2.75) is 229 Å². The monoisotopic (exact) mass is 1420 g/mol. The highest BCUT2D eigenvalue weighted by Crippen LogP contribution is 2.23. The van der Waals surface area contributed by atoms with Crippen LogP contribution in [-0.2, 0) is 67.1 Å². The van der Waals surface area contributed by atoms with Gasteiger partial charge in [0.2, 0.25) is 76.8 Å². The van der Waals surface area contributed by atoms with Gasteiger partial charge in [0, 0.05) is 19.6 Å². The summed E-state index contributed by atoms with van der Waals surface area (Å²) in [4.78, 5) is 197. The van der Waals surface area contributed by atoms with E-state index in [1.807, 2.05) is 6.92 Å². The SMILES string of the molecule is CC[C@H](C)[C@H](NC(=O)[C@H](CCCCN)NC(=O)[C@H](CC(C)C)NC(=O)CNC(=O)[C@@H]1CCCN1C(=O)[C@H](CC(N)=O)NC(=O)[C@H](CCCN=C(N)N)NC(=O)[C@H](CCCCN)NC(=O)[C@H](CCCCN)NC(=O)CNC(=O)[C@H](CCCCN)NC(=O)[C@@H](N)CO)C(=O)N1CCC[C@H]1C(=O)O. The van der Waals surface area contributed by atoms with Crippen molar-refractivity contribution in [3.05, 3.63) is 0 Å². The highest BCUT2D eigenvalue weighted by Gasteiger charge is 2.42. The molecule has 2 aliphatic heterocycles. The van der Waals surface area contributed by atoms with E-state index in [-0.39, 0.29) is 122 Å². The van der Waals surface area contributed by atoms with Crippen LogP contribution in [0.5, 0.6) is 0 Å². The van der Waals surface area contributed by atoms with Gasteiger partial charge in [-0.05, 0) is 160 Å². The van der Waals surface area contributed by atoms with Gasteiger partial charge < -0.3 is 119 Å². The molecule has 0 bridgehead atoms. The van der Waals surface area contributed by atoms with Crippen LogP contribution in [0.1, 0.15) is 163 Å². The zero-order valence-corrected chi connectivity index (χ0v) is 58.5. The molecule has 37 nitrogen and oxygen atoms in total. The molecule has 2 fully saturated rings. The van der Waals surface area contributed by atoms with E-state index < -0.39 is 181 Å². The molecule has 12 atom stereocenters. The standard InChI is InChI=1S/C63H115N21O16/c1-5-37(4)51(61(98)84-30-16-23-47(84)62(99)100)82-57(94)42(20-9-13-27-67)80-58(95)44(31-36(2)3)76-50(88)34-74-59(96)46-22-15-29-83(46)60(97)45(32-48(69)86)81-56(93)43(21-14-28-72-63(70)71)79-55(92)41(19-8-12-26-66)78-54(91)40(18-7-11-25-65)75-49(87)33-73-53(90)39(17-6-10-24-64)77-52(89)38(68)35-85/h36-47,51,85H,5-35,64-68H2,1-4H3,(H2,69,86)(H,73,90)(H,74,96)(H,75,87)(H,76,88)(H,77,89)(H,78,91)(H,79,92)(H,80,95)(H,81,93)(H,82,94)(H,99,100)(H4,70,71,72)/t37-,38-,39-,40-,41-,42-,43-,44-,45-,46-,47-,51-/m0/s1. The molecule has 568 valence electrons. The van der Waals surface area contributed by atoms with Crippen molar-refractivity contribution in [2.75, 3.05) is 65.5 Å². The Morgan fingerprint density at radius 2 is 0.890 bits per heavy atom. The maximum Gasteiger partial charge on any atom is 0.326 e. The predicted molar refractivity (Wildman–Crippen MR) is 368 cm³/mol. The van der Waals surface area contributed by atoms with Gasteiger partial charge in [-0.15, -0.1) is 0 Å². The first-order valence-corrected chi connectivity index (χ1v) is 34.8. The van der Waals surface area contributed by atoms with Crippen molar-refractivity contribution in [1.29, 1.82) is 0 Å². The molecule has 28 N–H and O–H groups in total. The Bertz CT molecular complexity index is 2720. The van der Waals surface area contributed by atoms with Crippen molar-refractivity contribution in [2.24, 2.45) is 62.7 Å². The molecule has 2 saturated heterocycles. The maximum absolute atomic E-state index is 14.5. The van der Waals surface area contributed by atoms with E-state index in [2.05, 4.69) is 58.2 Å². The molecule has 37 heteroatoms. The molecule has 0 spiro atoms. The molecule has 13 amide bonds. The van der Waals surface area contributed by atoms with Crippen LogP contribution >= 0.6 is 0 Å². The summed E-state index contributed by atoms with van der Waals surface area (Å²) in [5.74, 6) is -12.8. The third-order valence-electron chi connectivity index (χ3n) is 17.1. The van der Waals surface area contributed by atoms with Crippen LogP contribution in [0, 0.1) is 11.8 Å². The first-order chi connectivity index (χ1) is 47.5. The largest absolute Gasteiger partial charge is 0.480 e.